The van der Waals surface area contributed by atoms with Gasteiger partial charge in [0.1, 0.15) is 29.5 Å². The lowest BCUT2D eigenvalue weighted by Crippen LogP contribution is -2.30. The highest BCUT2D eigenvalue weighted by Gasteiger charge is 2.33. The van der Waals surface area contributed by atoms with Gasteiger partial charge in [-0.2, -0.15) is 18.3 Å². The normalized spacial score (nSPS) is 13.4. The highest BCUT2D eigenvalue weighted by atomic mass is 19.4. The van der Waals surface area contributed by atoms with Crippen LogP contribution in [0.15, 0.2) is 36.7 Å². The van der Waals surface area contributed by atoms with E-state index < -0.39 is 41.3 Å². The molecular weight excluding hydrogens is 499 g/mol. The third-order valence-electron chi connectivity index (χ3n) is 6.24. The van der Waals surface area contributed by atoms with Crippen LogP contribution in [-0.4, -0.2) is 43.9 Å². The summed E-state index contributed by atoms with van der Waals surface area (Å²) < 4.78 is 70.4. The van der Waals surface area contributed by atoms with Crippen LogP contribution >= 0.6 is 0 Å². The van der Waals surface area contributed by atoms with Crippen LogP contribution in [0.5, 0.6) is 0 Å². The van der Waals surface area contributed by atoms with Crippen molar-refractivity contribution in [3.05, 3.63) is 65.0 Å². The number of hydrogen-bond acceptors (Lipinski definition) is 6. The molecule has 13 heteroatoms. The van der Waals surface area contributed by atoms with E-state index in [2.05, 4.69) is 15.1 Å². The monoisotopic (exact) mass is 518 g/mol. The van der Waals surface area contributed by atoms with E-state index in [9.17, 15) is 27.5 Å². The lowest BCUT2D eigenvalue weighted by Gasteiger charge is -2.18. The summed E-state index contributed by atoms with van der Waals surface area (Å²) >= 11 is 0. The van der Waals surface area contributed by atoms with Crippen LogP contribution in [0.2, 0.25) is 0 Å². The molecule has 4 aromatic rings. The molecule has 3 N–H and O–H groups in total. The fourth-order valence-electron chi connectivity index (χ4n) is 4.50. The number of nitrogen functional groups attached to an aromatic ring is 1. The lowest BCUT2D eigenvalue weighted by atomic mass is 10.0. The van der Waals surface area contributed by atoms with Crippen molar-refractivity contribution in [1.82, 2.24) is 19.7 Å². The Morgan fingerprint density at radius 3 is 2.65 bits per heavy atom. The summed E-state index contributed by atoms with van der Waals surface area (Å²) in [6.07, 6.45) is -3.95. The van der Waals surface area contributed by atoms with Gasteiger partial charge in [-0.05, 0) is 42.3 Å². The Morgan fingerprint density at radius 2 is 1.92 bits per heavy atom. The fraction of sp³-hybridized carbons (Fsp3) is 0.250. The number of halogens is 5. The topological polar surface area (TPSA) is 110 Å². The molecule has 0 unspecified atom stereocenters. The molecule has 8 nitrogen and oxygen atoms in total. The Kier molecular flexibility index (Phi) is 6.02. The molecule has 0 aliphatic carbocycles. The number of amides is 1. The fourth-order valence-corrected chi connectivity index (χ4v) is 4.50. The number of nitrogens with two attached hydrogens (primary N) is 1. The molecule has 0 radical (unpaired) electrons. The maximum absolute atomic E-state index is 15.7. The highest BCUT2D eigenvalue weighted by molar-refractivity contribution is 6.00. The second-order valence-electron chi connectivity index (χ2n) is 8.45. The molecule has 0 saturated carbocycles. The number of aliphatic hydroxyl groups excluding tert-OH is 1. The van der Waals surface area contributed by atoms with Crippen molar-refractivity contribution >= 4 is 28.4 Å². The number of nitrogens with zero attached hydrogens (tertiary/aromatic N) is 5. The lowest BCUT2D eigenvalue weighted by molar-refractivity contribution is -0.137. The second kappa shape index (κ2) is 9.07. The first kappa shape index (κ1) is 24.6. The van der Waals surface area contributed by atoms with E-state index in [4.69, 9.17) is 5.73 Å². The van der Waals surface area contributed by atoms with Gasteiger partial charge < -0.3 is 15.7 Å². The van der Waals surface area contributed by atoms with Crippen molar-refractivity contribution in [2.75, 3.05) is 23.8 Å². The third-order valence-corrected chi connectivity index (χ3v) is 6.24. The summed E-state index contributed by atoms with van der Waals surface area (Å²) in [5, 5.41) is 14.0. The molecule has 5 rings (SSSR count). The van der Waals surface area contributed by atoms with Gasteiger partial charge in [0, 0.05) is 23.4 Å². The maximum Gasteiger partial charge on any atom is 0.416 e. The van der Waals surface area contributed by atoms with Crippen molar-refractivity contribution in [3.63, 3.8) is 0 Å². The van der Waals surface area contributed by atoms with Crippen LogP contribution in [0.3, 0.4) is 0 Å². The van der Waals surface area contributed by atoms with Crippen LogP contribution in [0.1, 0.15) is 16.7 Å². The molecule has 1 amide bonds. The van der Waals surface area contributed by atoms with Gasteiger partial charge in [0.15, 0.2) is 5.65 Å². The zero-order chi connectivity index (χ0) is 26.5. The Bertz CT molecular complexity index is 1530. The molecule has 3 heterocycles. The minimum Gasteiger partial charge on any atom is -0.394 e. The van der Waals surface area contributed by atoms with Gasteiger partial charge in [-0.15, -0.1) is 0 Å². The molecule has 0 spiro atoms. The number of aliphatic hydroxyl groups is 1. The number of anilines is 2. The zero-order valence-electron chi connectivity index (χ0n) is 19.1. The average Bonchev–Trinajstić information content (AvgIpc) is 3.44. The number of rotatable bonds is 5. The van der Waals surface area contributed by atoms with E-state index in [0.29, 0.717) is 29.2 Å². The molecule has 2 aromatic carbocycles. The number of aromatic nitrogens is 4. The van der Waals surface area contributed by atoms with E-state index >= 15 is 4.39 Å². The van der Waals surface area contributed by atoms with Crippen molar-refractivity contribution in [2.24, 2.45) is 0 Å². The predicted octanol–water partition coefficient (Wildman–Crippen LogP) is 3.50. The van der Waals surface area contributed by atoms with Crippen molar-refractivity contribution in [2.45, 2.75) is 25.6 Å². The van der Waals surface area contributed by atoms with Gasteiger partial charge in [-0.25, -0.2) is 23.4 Å². The molecule has 2 aromatic heterocycles. The number of benzene rings is 2. The molecule has 37 heavy (non-hydrogen) atoms. The Labute approximate surface area is 206 Å². The molecule has 0 fully saturated rings. The Balaban J connectivity index is 1.49. The van der Waals surface area contributed by atoms with Gasteiger partial charge >= 0.3 is 6.18 Å². The first-order valence-electron chi connectivity index (χ1n) is 11.2. The van der Waals surface area contributed by atoms with Gasteiger partial charge in [0.25, 0.3) is 0 Å². The molecule has 1 aliphatic rings. The van der Waals surface area contributed by atoms with Gasteiger partial charge in [0.2, 0.25) is 5.91 Å². The number of carbonyl (C=O) groups excluding carboxylic acids is 1. The number of hydrogen-bond donors (Lipinski definition) is 2. The minimum atomic E-state index is -4.69. The first-order chi connectivity index (χ1) is 17.6. The van der Waals surface area contributed by atoms with E-state index in [1.165, 1.54) is 28.0 Å². The van der Waals surface area contributed by atoms with Crippen LogP contribution in [0, 0.1) is 11.6 Å². The van der Waals surface area contributed by atoms with Crippen LogP contribution < -0.4 is 10.6 Å². The largest absolute Gasteiger partial charge is 0.416 e. The van der Waals surface area contributed by atoms with Crippen molar-refractivity contribution in [3.8, 4) is 11.3 Å². The summed E-state index contributed by atoms with van der Waals surface area (Å²) in [4.78, 5) is 22.2. The smallest absolute Gasteiger partial charge is 0.394 e. The molecular formula is C24H19F5N6O2. The van der Waals surface area contributed by atoms with Crippen molar-refractivity contribution < 1.29 is 31.9 Å². The molecule has 1 aliphatic heterocycles. The van der Waals surface area contributed by atoms with Crippen LogP contribution in [-0.2, 0) is 30.4 Å². The summed E-state index contributed by atoms with van der Waals surface area (Å²) in [6, 6.07) is 4.79. The van der Waals surface area contributed by atoms with E-state index in [-0.39, 0.29) is 54.4 Å². The SMILES string of the molecule is Nc1ncnc2c1c(-c1ccc3c(c1F)CCN3C(=O)Cc1cc(C(F)(F)F)ccc1F)nn2CCO. The summed E-state index contributed by atoms with van der Waals surface area (Å²) in [7, 11) is 0. The second-order valence-corrected chi connectivity index (χ2v) is 8.45. The van der Waals surface area contributed by atoms with E-state index in [1.807, 2.05) is 0 Å². The van der Waals surface area contributed by atoms with E-state index in [0.717, 1.165) is 0 Å². The van der Waals surface area contributed by atoms with Crippen LogP contribution in [0.25, 0.3) is 22.3 Å². The zero-order valence-corrected chi connectivity index (χ0v) is 19.1. The number of alkyl halides is 3. The standard InChI is InChI=1S/C24H19F5N6O2/c25-16-3-1-13(24(27,28)29)9-12(16)10-18(37)34-6-5-14-17(34)4-2-15(20(14)26)21-19-22(30)31-11-32-23(19)35(33-21)7-8-36/h1-4,9,11,36H,5-8,10H2,(H2,30,31,32). The predicted molar refractivity (Wildman–Crippen MR) is 123 cm³/mol. The van der Waals surface area contributed by atoms with Crippen LogP contribution in [0.4, 0.5) is 33.5 Å². The minimum absolute atomic E-state index is 0.0695. The Morgan fingerprint density at radius 1 is 1.14 bits per heavy atom. The first-order valence-corrected chi connectivity index (χ1v) is 11.2. The van der Waals surface area contributed by atoms with Gasteiger partial charge in [-0.1, -0.05) is 0 Å². The molecule has 0 atom stereocenters. The quantitative estimate of drug-likeness (QED) is 0.392. The van der Waals surface area contributed by atoms with E-state index in [1.54, 1.807) is 0 Å². The average molecular weight is 518 g/mol. The third kappa shape index (κ3) is 4.24. The summed E-state index contributed by atoms with van der Waals surface area (Å²) in [5.41, 5.74) is 5.55. The number of fused-ring (bicyclic) bond motifs is 2. The van der Waals surface area contributed by atoms with Gasteiger partial charge in [0.05, 0.1) is 30.5 Å². The maximum atomic E-state index is 15.7. The highest BCUT2D eigenvalue weighted by Crippen LogP contribution is 2.39. The molecule has 192 valence electrons. The van der Waals surface area contributed by atoms with Crippen molar-refractivity contribution in [1.29, 1.82) is 0 Å². The summed E-state index contributed by atoms with van der Waals surface area (Å²) in [6.45, 7) is -0.0791. The summed E-state index contributed by atoms with van der Waals surface area (Å²) in [5.74, 6) is -2.19. The molecule has 0 bridgehead atoms. The Hall–Kier alpha value is -4.13. The van der Waals surface area contributed by atoms with Gasteiger partial charge in [-0.3, -0.25) is 4.79 Å². The number of carbonyl (C=O) groups is 1. The molecule has 0 saturated heterocycles.